The first-order chi connectivity index (χ1) is 9.63. The number of para-hydroxylation sites is 1. The van der Waals surface area contributed by atoms with Gasteiger partial charge in [0.05, 0.1) is 5.69 Å². The maximum atomic E-state index is 12.8. The summed E-state index contributed by atoms with van der Waals surface area (Å²) in [6, 6.07) is 11.1. The molecule has 106 valence electrons. The first-order valence-corrected chi connectivity index (χ1v) is 8.78. The first-order valence-electron chi connectivity index (χ1n) is 6.52. The maximum Gasteiger partial charge on any atom is 0.273 e. The second kappa shape index (κ2) is 5.20. The topological polar surface area (TPSA) is 63.4 Å². The Morgan fingerprint density at radius 1 is 1.20 bits per heavy atom. The minimum atomic E-state index is -3.47. The Hall–Kier alpha value is -1.37. The summed E-state index contributed by atoms with van der Waals surface area (Å²) in [6.45, 7) is 0.909. The minimum Gasteiger partial charge on any atom is -0.326 e. The molecule has 0 unspecified atom stereocenters. The van der Waals surface area contributed by atoms with Crippen molar-refractivity contribution in [1.82, 2.24) is 0 Å². The number of anilines is 1. The van der Waals surface area contributed by atoms with Crippen LogP contribution in [-0.4, -0.2) is 15.0 Å². The van der Waals surface area contributed by atoms with Crippen LogP contribution in [0.4, 0.5) is 5.69 Å². The number of aryl methyl sites for hydroxylation is 1. The van der Waals surface area contributed by atoms with Gasteiger partial charge in [-0.15, -0.1) is 11.3 Å². The molecule has 4 nitrogen and oxygen atoms in total. The molecule has 1 aliphatic rings. The zero-order valence-electron chi connectivity index (χ0n) is 11.0. The molecule has 0 fully saturated rings. The van der Waals surface area contributed by atoms with E-state index in [1.54, 1.807) is 12.1 Å². The number of thiophene rings is 1. The molecule has 2 N–H and O–H groups in total. The van der Waals surface area contributed by atoms with Gasteiger partial charge in [0.15, 0.2) is 0 Å². The van der Waals surface area contributed by atoms with E-state index in [1.165, 1.54) is 15.6 Å². The standard InChI is InChI=1S/C14H16N2O2S2/c15-10-12-7-8-14(19-12)20(17,18)16-9-3-5-11-4-1-2-6-13(11)16/h1-2,4,6-8H,3,5,9-10,15H2. The molecule has 0 spiro atoms. The van der Waals surface area contributed by atoms with Crippen LogP contribution >= 0.6 is 11.3 Å². The van der Waals surface area contributed by atoms with Crippen molar-refractivity contribution in [3.63, 3.8) is 0 Å². The first kappa shape index (κ1) is 13.6. The Kier molecular flexibility index (Phi) is 3.54. The zero-order chi connectivity index (χ0) is 14.2. The number of nitrogens with zero attached hydrogens (tertiary/aromatic N) is 1. The average molecular weight is 308 g/mol. The fourth-order valence-electron chi connectivity index (χ4n) is 2.46. The Labute approximate surface area is 122 Å². The predicted molar refractivity (Wildman–Crippen MR) is 81.5 cm³/mol. The summed E-state index contributed by atoms with van der Waals surface area (Å²) in [5.74, 6) is 0. The van der Waals surface area contributed by atoms with Crippen molar-refractivity contribution in [2.24, 2.45) is 5.73 Å². The lowest BCUT2D eigenvalue weighted by atomic mass is 10.0. The van der Waals surface area contributed by atoms with Crippen LogP contribution in [0.3, 0.4) is 0 Å². The summed E-state index contributed by atoms with van der Waals surface area (Å²) in [7, 11) is -3.47. The van der Waals surface area contributed by atoms with Gasteiger partial charge >= 0.3 is 0 Å². The second-order valence-corrected chi connectivity index (χ2v) is 7.99. The predicted octanol–water partition coefficient (Wildman–Crippen LogP) is 2.35. The van der Waals surface area contributed by atoms with Gasteiger partial charge in [0.1, 0.15) is 4.21 Å². The average Bonchev–Trinajstić information content (AvgIpc) is 2.96. The van der Waals surface area contributed by atoms with Crippen LogP contribution in [0.5, 0.6) is 0 Å². The minimum absolute atomic E-state index is 0.370. The highest BCUT2D eigenvalue weighted by atomic mass is 32.2. The van der Waals surface area contributed by atoms with Crippen LogP contribution in [0, 0.1) is 0 Å². The second-order valence-electron chi connectivity index (χ2n) is 4.73. The molecule has 3 rings (SSSR count). The summed E-state index contributed by atoms with van der Waals surface area (Å²) in [5.41, 5.74) is 7.47. The molecule has 0 amide bonds. The van der Waals surface area contributed by atoms with Gasteiger partial charge < -0.3 is 5.73 Å². The number of hydrogen-bond acceptors (Lipinski definition) is 4. The van der Waals surface area contributed by atoms with E-state index in [0.717, 1.165) is 29.0 Å². The summed E-state index contributed by atoms with van der Waals surface area (Å²) in [4.78, 5) is 0.883. The van der Waals surface area contributed by atoms with E-state index < -0.39 is 10.0 Å². The largest absolute Gasteiger partial charge is 0.326 e. The summed E-state index contributed by atoms with van der Waals surface area (Å²) < 4.78 is 27.4. The molecular weight excluding hydrogens is 292 g/mol. The summed E-state index contributed by atoms with van der Waals surface area (Å²) in [6.07, 6.45) is 1.78. The van der Waals surface area contributed by atoms with Crippen molar-refractivity contribution >= 4 is 27.0 Å². The van der Waals surface area contributed by atoms with Crippen LogP contribution in [-0.2, 0) is 23.0 Å². The Bertz CT molecular complexity index is 722. The van der Waals surface area contributed by atoms with Gasteiger partial charge in [0.2, 0.25) is 0 Å². The number of nitrogens with two attached hydrogens (primary N) is 1. The number of hydrogen-bond donors (Lipinski definition) is 1. The maximum absolute atomic E-state index is 12.8. The smallest absolute Gasteiger partial charge is 0.273 e. The number of sulfonamides is 1. The van der Waals surface area contributed by atoms with Gasteiger partial charge in [-0.25, -0.2) is 8.42 Å². The van der Waals surface area contributed by atoms with Crippen molar-refractivity contribution in [1.29, 1.82) is 0 Å². The van der Waals surface area contributed by atoms with Gasteiger partial charge in [-0.3, -0.25) is 4.31 Å². The van der Waals surface area contributed by atoms with Crippen LogP contribution in [0.25, 0.3) is 0 Å². The third kappa shape index (κ3) is 2.24. The lowest BCUT2D eigenvalue weighted by Crippen LogP contribution is -2.35. The lowest BCUT2D eigenvalue weighted by molar-refractivity contribution is 0.588. The summed E-state index contributed by atoms with van der Waals surface area (Å²) >= 11 is 1.25. The van der Waals surface area contributed by atoms with E-state index in [1.807, 2.05) is 24.3 Å². The van der Waals surface area contributed by atoms with Crippen molar-refractivity contribution in [2.75, 3.05) is 10.8 Å². The van der Waals surface area contributed by atoms with Crippen molar-refractivity contribution in [3.05, 3.63) is 46.8 Å². The van der Waals surface area contributed by atoms with Crippen LogP contribution in [0.15, 0.2) is 40.6 Å². The van der Waals surface area contributed by atoms with E-state index >= 15 is 0 Å². The molecule has 0 aliphatic carbocycles. The molecule has 0 bridgehead atoms. The molecule has 0 atom stereocenters. The Morgan fingerprint density at radius 3 is 2.75 bits per heavy atom. The molecule has 0 radical (unpaired) electrons. The molecule has 1 aromatic heterocycles. The highest BCUT2D eigenvalue weighted by Gasteiger charge is 2.29. The Morgan fingerprint density at radius 2 is 2.00 bits per heavy atom. The van der Waals surface area contributed by atoms with E-state index in [0.29, 0.717) is 17.3 Å². The fraction of sp³-hybridized carbons (Fsp3) is 0.286. The number of benzene rings is 1. The quantitative estimate of drug-likeness (QED) is 0.946. The van der Waals surface area contributed by atoms with Gasteiger partial charge in [-0.05, 0) is 36.6 Å². The molecule has 0 saturated heterocycles. The molecule has 1 aliphatic heterocycles. The van der Waals surface area contributed by atoms with E-state index in [2.05, 4.69) is 0 Å². The highest BCUT2D eigenvalue weighted by Crippen LogP contribution is 2.33. The van der Waals surface area contributed by atoms with Crippen LogP contribution < -0.4 is 10.0 Å². The van der Waals surface area contributed by atoms with Gasteiger partial charge in [0.25, 0.3) is 10.0 Å². The highest BCUT2D eigenvalue weighted by molar-refractivity contribution is 7.94. The van der Waals surface area contributed by atoms with E-state index in [9.17, 15) is 8.42 Å². The number of fused-ring (bicyclic) bond motifs is 1. The number of rotatable bonds is 3. The van der Waals surface area contributed by atoms with E-state index in [-0.39, 0.29) is 0 Å². The Balaban J connectivity index is 2.04. The van der Waals surface area contributed by atoms with Gasteiger partial charge in [-0.2, -0.15) is 0 Å². The molecular formula is C14H16N2O2S2. The molecule has 2 heterocycles. The fourth-order valence-corrected chi connectivity index (χ4v) is 5.35. The molecule has 6 heteroatoms. The van der Waals surface area contributed by atoms with Gasteiger partial charge in [-0.1, -0.05) is 18.2 Å². The van der Waals surface area contributed by atoms with Crippen molar-refractivity contribution in [3.8, 4) is 0 Å². The lowest BCUT2D eigenvalue weighted by Gasteiger charge is -2.29. The third-order valence-electron chi connectivity index (χ3n) is 3.45. The van der Waals surface area contributed by atoms with E-state index in [4.69, 9.17) is 5.73 Å². The summed E-state index contributed by atoms with van der Waals surface area (Å²) in [5, 5.41) is 0. The molecule has 0 saturated carbocycles. The van der Waals surface area contributed by atoms with Crippen LogP contribution in [0.1, 0.15) is 16.9 Å². The van der Waals surface area contributed by atoms with Crippen molar-refractivity contribution < 1.29 is 8.42 Å². The van der Waals surface area contributed by atoms with Gasteiger partial charge in [0, 0.05) is 18.0 Å². The monoisotopic (exact) mass is 308 g/mol. The molecule has 2 aromatic rings. The normalized spacial score (nSPS) is 15.2. The molecule has 20 heavy (non-hydrogen) atoms. The van der Waals surface area contributed by atoms with Crippen molar-refractivity contribution in [2.45, 2.75) is 23.6 Å². The van der Waals surface area contributed by atoms with Crippen LogP contribution in [0.2, 0.25) is 0 Å². The third-order valence-corrected chi connectivity index (χ3v) is 6.84. The zero-order valence-corrected chi connectivity index (χ0v) is 12.6. The molecule has 1 aromatic carbocycles. The SMILES string of the molecule is NCc1ccc(S(=O)(=O)N2CCCc3ccccc32)s1.